The molecule has 0 saturated heterocycles. The summed E-state index contributed by atoms with van der Waals surface area (Å²) in [6.07, 6.45) is 0.601. The van der Waals surface area contributed by atoms with E-state index in [4.69, 9.17) is 11.6 Å². The van der Waals surface area contributed by atoms with E-state index in [-0.39, 0.29) is 0 Å². The summed E-state index contributed by atoms with van der Waals surface area (Å²) in [4.78, 5) is 0.852. The number of hydrogen-bond donors (Lipinski definition) is 2. The van der Waals surface area contributed by atoms with E-state index in [0.717, 1.165) is 17.8 Å². The molecule has 74 valence electrons. The Morgan fingerprint density at radius 2 is 2.46 bits per heavy atom. The molecule has 0 aliphatic rings. The molecular formula is C9H14ClNOS. The SMILES string of the molecule is CCCNCC(O)c1sccc1Cl. The highest BCUT2D eigenvalue weighted by molar-refractivity contribution is 7.10. The molecule has 1 unspecified atom stereocenters. The minimum Gasteiger partial charge on any atom is -0.386 e. The van der Waals surface area contributed by atoms with E-state index in [9.17, 15) is 5.11 Å². The van der Waals surface area contributed by atoms with Crippen LogP contribution >= 0.6 is 22.9 Å². The van der Waals surface area contributed by atoms with Crippen LogP contribution in [0.25, 0.3) is 0 Å². The number of halogens is 1. The van der Waals surface area contributed by atoms with Crippen molar-refractivity contribution in [3.8, 4) is 0 Å². The van der Waals surface area contributed by atoms with Crippen LogP contribution in [0.4, 0.5) is 0 Å². The first-order chi connectivity index (χ1) is 6.25. The lowest BCUT2D eigenvalue weighted by molar-refractivity contribution is 0.179. The summed E-state index contributed by atoms with van der Waals surface area (Å²) < 4.78 is 0. The Labute approximate surface area is 87.5 Å². The molecule has 1 rings (SSSR count). The Bertz CT molecular complexity index is 252. The Hall–Kier alpha value is -0.0900. The fraction of sp³-hybridized carbons (Fsp3) is 0.556. The van der Waals surface area contributed by atoms with Crippen LogP contribution in [0.2, 0.25) is 5.02 Å². The smallest absolute Gasteiger partial charge is 0.102 e. The zero-order valence-corrected chi connectivity index (χ0v) is 9.16. The molecule has 0 amide bonds. The summed E-state index contributed by atoms with van der Waals surface area (Å²) in [5.74, 6) is 0. The summed E-state index contributed by atoms with van der Waals surface area (Å²) in [6, 6.07) is 1.81. The topological polar surface area (TPSA) is 32.3 Å². The van der Waals surface area contributed by atoms with Gasteiger partial charge in [-0.25, -0.2) is 0 Å². The number of thiophene rings is 1. The van der Waals surface area contributed by atoms with E-state index in [1.807, 2.05) is 11.4 Å². The molecule has 1 aromatic heterocycles. The van der Waals surface area contributed by atoms with E-state index in [1.54, 1.807) is 0 Å². The van der Waals surface area contributed by atoms with Gasteiger partial charge in [0.1, 0.15) is 6.10 Å². The number of aliphatic hydroxyl groups is 1. The molecule has 0 fully saturated rings. The Kier molecular flexibility index (Phi) is 4.73. The van der Waals surface area contributed by atoms with Gasteiger partial charge in [-0.3, -0.25) is 0 Å². The summed E-state index contributed by atoms with van der Waals surface area (Å²) in [5, 5.41) is 15.4. The molecule has 0 spiro atoms. The van der Waals surface area contributed by atoms with Crippen molar-refractivity contribution >= 4 is 22.9 Å². The van der Waals surface area contributed by atoms with Gasteiger partial charge in [-0.05, 0) is 24.4 Å². The number of nitrogens with one attached hydrogen (secondary N) is 1. The zero-order valence-electron chi connectivity index (χ0n) is 7.59. The molecule has 1 atom stereocenters. The molecule has 0 saturated carbocycles. The standard InChI is InChI=1S/C9H14ClNOS/c1-2-4-11-6-8(12)9-7(10)3-5-13-9/h3,5,8,11-12H,2,4,6H2,1H3. The molecule has 0 aliphatic heterocycles. The lowest BCUT2D eigenvalue weighted by atomic mass is 10.3. The van der Waals surface area contributed by atoms with Gasteiger partial charge in [0, 0.05) is 6.54 Å². The van der Waals surface area contributed by atoms with Gasteiger partial charge in [0.2, 0.25) is 0 Å². The van der Waals surface area contributed by atoms with Gasteiger partial charge in [-0.2, -0.15) is 0 Å². The summed E-state index contributed by atoms with van der Waals surface area (Å²) in [5.41, 5.74) is 0. The van der Waals surface area contributed by atoms with Gasteiger partial charge in [0.15, 0.2) is 0 Å². The maximum absolute atomic E-state index is 9.68. The maximum Gasteiger partial charge on any atom is 0.102 e. The monoisotopic (exact) mass is 219 g/mol. The van der Waals surface area contributed by atoms with Crippen molar-refractivity contribution in [1.29, 1.82) is 0 Å². The van der Waals surface area contributed by atoms with E-state index in [1.165, 1.54) is 11.3 Å². The number of rotatable bonds is 5. The summed E-state index contributed by atoms with van der Waals surface area (Å²) in [6.45, 7) is 3.60. The van der Waals surface area contributed by atoms with Crippen molar-refractivity contribution in [3.05, 3.63) is 21.3 Å². The quantitative estimate of drug-likeness (QED) is 0.746. The minimum absolute atomic E-state index is 0.473. The van der Waals surface area contributed by atoms with Crippen LogP contribution in [0.15, 0.2) is 11.4 Å². The van der Waals surface area contributed by atoms with Crippen LogP contribution in [0, 0.1) is 0 Å². The first kappa shape index (κ1) is 11.0. The molecule has 0 radical (unpaired) electrons. The van der Waals surface area contributed by atoms with Gasteiger partial charge in [-0.1, -0.05) is 18.5 Å². The molecule has 1 heterocycles. The van der Waals surface area contributed by atoms with Crippen LogP contribution in [-0.2, 0) is 0 Å². The highest BCUT2D eigenvalue weighted by Gasteiger charge is 2.11. The molecule has 0 bridgehead atoms. The van der Waals surface area contributed by atoms with E-state index >= 15 is 0 Å². The summed E-state index contributed by atoms with van der Waals surface area (Å²) in [7, 11) is 0. The second-order valence-corrected chi connectivity index (χ2v) is 4.21. The van der Waals surface area contributed by atoms with Crippen molar-refractivity contribution in [1.82, 2.24) is 5.32 Å². The number of hydrogen-bond acceptors (Lipinski definition) is 3. The van der Waals surface area contributed by atoms with Crippen molar-refractivity contribution < 1.29 is 5.11 Å². The first-order valence-electron chi connectivity index (χ1n) is 4.37. The predicted molar refractivity (Wildman–Crippen MR) is 57.4 cm³/mol. The predicted octanol–water partition coefficient (Wildman–Crippen LogP) is 2.43. The average molecular weight is 220 g/mol. The van der Waals surface area contributed by atoms with Crippen LogP contribution in [0.1, 0.15) is 24.3 Å². The second kappa shape index (κ2) is 5.60. The van der Waals surface area contributed by atoms with Crippen LogP contribution in [-0.4, -0.2) is 18.2 Å². The molecular weight excluding hydrogens is 206 g/mol. The van der Waals surface area contributed by atoms with Crippen molar-refractivity contribution in [2.45, 2.75) is 19.4 Å². The normalized spacial score (nSPS) is 13.2. The van der Waals surface area contributed by atoms with Gasteiger partial charge >= 0.3 is 0 Å². The fourth-order valence-electron chi connectivity index (χ4n) is 1.05. The van der Waals surface area contributed by atoms with Crippen LogP contribution in [0.3, 0.4) is 0 Å². The lowest BCUT2D eigenvalue weighted by Crippen LogP contribution is -2.21. The van der Waals surface area contributed by atoms with E-state index in [2.05, 4.69) is 12.2 Å². The largest absolute Gasteiger partial charge is 0.386 e. The van der Waals surface area contributed by atoms with Crippen molar-refractivity contribution in [3.63, 3.8) is 0 Å². The fourth-order valence-corrected chi connectivity index (χ4v) is 2.22. The molecule has 0 aromatic carbocycles. The molecule has 4 heteroatoms. The lowest BCUT2D eigenvalue weighted by Gasteiger charge is -2.09. The third-order valence-corrected chi connectivity index (χ3v) is 3.17. The molecule has 2 N–H and O–H groups in total. The van der Waals surface area contributed by atoms with E-state index < -0.39 is 6.10 Å². The van der Waals surface area contributed by atoms with Gasteiger partial charge < -0.3 is 10.4 Å². The van der Waals surface area contributed by atoms with Gasteiger partial charge in [-0.15, -0.1) is 11.3 Å². The third kappa shape index (κ3) is 3.27. The summed E-state index contributed by atoms with van der Waals surface area (Å²) >= 11 is 7.36. The number of aliphatic hydroxyl groups excluding tert-OH is 1. The molecule has 2 nitrogen and oxygen atoms in total. The maximum atomic E-state index is 9.68. The van der Waals surface area contributed by atoms with Gasteiger partial charge in [0.25, 0.3) is 0 Å². The highest BCUT2D eigenvalue weighted by atomic mass is 35.5. The minimum atomic E-state index is -0.473. The average Bonchev–Trinajstić information content (AvgIpc) is 2.52. The van der Waals surface area contributed by atoms with E-state index in [0.29, 0.717) is 11.6 Å². The van der Waals surface area contributed by atoms with Crippen molar-refractivity contribution in [2.24, 2.45) is 0 Å². The van der Waals surface area contributed by atoms with Gasteiger partial charge in [0.05, 0.1) is 9.90 Å². The Morgan fingerprint density at radius 3 is 3.00 bits per heavy atom. The highest BCUT2D eigenvalue weighted by Crippen LogP contribution is 2.27. The molecule has 13 heavy (non-hydrogen) atoms. The zero-order chi connectivity index (χ0) is 9.68. The van der Waals surface area contributed by atoms with Crippen molar-refractivity contribution in [2.75, 3.05) is 13.1 Å². The Balaban J connectivity index is 2.39. The third-order valence-electron chi connectivity index (χ3n) is 1.71. The van der Waals surface area contributed by atoms with Crippen LogP contribution in [0.5, 0.6) is 0 Å². The first-order valence-corrected chi connectivity index (χ1v) is 5.63. The van der Waals surface area contributed by atoms with Crippen LogP contribution < -0.4 is 5.32 Å². The molecule has 0 aliphatic carbocycles. The Morgan fingerprint density at radius 1 is 1.69 bits per heavy atom. The second-order valence-electron chi connectivity index (χ2n) is 2.85. The molecule has 1 aromatic rings.